The zero-order chi connectivity index (χ0) is 25.7. The maximum absolute atomic E-state index is 15.2. The second-order valence-electron chi connectivity index (χ2n) is 8.44. The zero-order valence-electron chi connectivity index (χ0n) is 19.5. The molecule has 0 fully saturated rings. The molecule has 188 valence electrons. The van der Waals surface area contributed by atoms with Crippen molar-refractivity contribution in [1.29, 1.82) is 0 Å². The summed E-state index contributed by atoms with van der Waals surface area (Å²) in [5, 5.41) is 1.17. The molecule has 0 atom stereocenters. The lowest BCUT2D eigenvalue weighted by atomic mass is 9.98. The predicted octanol–water partition coefficient (Wildman–Crippen LogP) is 7.44. The number of alkyl halides is 3. The number of hydrogen-bond donors (Lipinski definition) is 0. The summed E-state index contributed by atoms with van der Waals surface area (Å²) in [6, 6.07) is 16.1. The number of aryl methyl sites for hydroxylation is 3. The Hall–Kier alpha value is -3.52. The number of benzene rings is 3. The minimum Gasteiger partial charge on any atom is -0.403 e. The summed E-state index contributed by atoms with van der Waals surface area (Å²) in [4.78, 5) is 4.53. The number of hydrogen-bond acceptors (Lipinski definition) is 3. The molecule has 0 saturated heterocycles. The Balaban J connectivity index is 1.46. The largest absolute Gasteiger partial charge is 0.573 e. The van der Waals surface area contributed by atoms with Crippen molar-refractivity contribution >= 4 is 10.8 Å². The molecular formula is C28H24F5NO2. The summed E-state index contributed by atoms with van der Waals surface area (Å²) in [7, 11) is 1.67. The molecule has 0 bridgehead atoms. The summed E-state index contributed by atoms with van der Waals surface area (Å²) < 4.78 is 74.8. The van der Waals surface area contributed by atoms with Crippen LogP contribution in [0.1, 0.15) is 23.1 Å². The van der Waals surface area contributed by atoms with Crippen LogP contribution in [0.5, 0.6) is 5.75 Å². The van der Waals surface area contributed by atoms with Gasteiger partial charge in [0.1, 0.15) is 5.82 Å². The molecule has 1 aromatic heterocycles. The first-order valence-corrected chi connectivity index (χ1v) is 11.4. The maximum Gasteiger partial charge on any atom is 0.573 e. The highest BCUT2D eigenvalue weighted by Gasteiger charge is 2.32. The summed E-state index contributed by atoms with van der Waals surface area (Å²) >= 11 is 0. The van der Waals surface area contributed by atoms with E-state index in [1.807, 2.05) is 36.5 Å². The van der Waals surface area contributed by atoms with Gasteiger partial charge in [0.25, 0.3) is 0 Å². The van der Waals surface area contributed by atoms with Crippen LogP contribution in [0.4, 0.5) is 22.0 Å². The topological polar surface area (TPSA) is 31.4 Å². The molecule has 0 aliphatic carbocycles. The quantitative estimate of drug-likeness (QED) is 0.176. The fourth-order valence-electron chi connectivity index (χ4n) is 4.04. The molecule has 8 heteroatoms. The highest BCUT2D eigenvalue weighted by atomic mass is 19.4. The Morgan fingerprint density at radius 3 is 2.33 bits per heavy atom. The van der Waals surface area contributed by atoms with E-state index < -0.39 is 17.9 Å². The van der Waals surface area contributed by atoms with Crippen LogP contribution in [0.2, 0.25) is 0 Å². The average Bonchev–Trinajstić information content (AvgIpc) is 2.85. The van der Waals surface area contributed by atoms with Crippen LogP contribution in [0.3, 0.4) is 0 Å². The Kier molecular flexibility index (Phi) is 7.84. The number of aromatic nitrogens is 1. The SMILES string of the molecule is COCCCc1ccc(-c2ccc3c(F)c(CCc4ccc(OC(F)(F)F)c(F)c4)ccc3c2)nc1. The fraction of sp³-hybridized carbons (Fsp3) is 0.250. The molecule has 0 amide bonds. The molecule has 4 rings (SSSR count). The number of nitrogens with zero attached hydrogens (tertiary/aromatic N) is 1. The maximum atomic E-state index is 15.2. The van der Waals surface area contributed by atoms with E-state index in [0.717, 1.165) is 47.2 Å². The molecule has 0 radical (unpaired) electrons. The molecular weight excluding hydrogens is 477 g/mol. The molecule has 1 heterocycles. The van der Waals surface area contributed by atoms with Crippen molar-refractivity contribution in [3.05, 3.63) is 95.2 Å². The molecule has 0 N–H and O–H groups in total. The summed E-state index contributed by atoms with van der Waals surface area (Å²) in [5.74, 6) is -2.39. The van der Waals surface area contributed by atoms with Gasteiger partial charge in [0.15, 0.2) is 11.6 Å². The third kappa shape index (κ3) is 6.37. The number of halogens is 5. The molecule has 0 aliphatic heterocycles. The standard InChI is InChI=1S/C28H24F5NO2/c1-35-14-2-3-19-5-12-25(34-17-19)22-10-11-23-21(16-22)9-8-20(27(23)30)7-4-18-6-13-26(24(29)15-18)36-28(31,32)33/h5-6,8-13,15-17H,2-4,7,14H2,1H3. The van der Waals surface area contributed by atoms with Gasteiger partial charge in [0.05, 0.1) is 5.69 Å². The third-order valence-corrected chi connectivity index (χ3v) is 5.87. The van der Waals surface area contributed by atoms with Gasteiger partial charge in [-0.1, -0.05) is 36.4 Å². The molecule has 36 heavy (non-hydrogen) atoms. The lowest BCUT2D eigenvalue weighted by molar-refractivity contribution is -0.275. The van der Waals surface area contributed by atoms with Crippen molar-refractivity contribution < 1.29 is 31.4 Å². The van der Waals surface area contributed by atoms with Crippen LogP contribution >= 0.6 is 0 Å². The Labute approximate surface area is 205 Å². The number of fused-ring (bicyclic) bond motifs is 1. The minimum absolute atomic E-state index is 0.254. The summed E-state index contributed by atoms with van der Waals surface area (Å²) in [6.07, 6.45) is -0.824. The van der Waals surface area contributed by atoms with Crippen molar-refractivity contribution in [2.24, 2.45) is 0 Å². The third-order valence-electron chi connectivity index (χ3n) is 5.87. The normalized spacial score (nSPS) is 11.7. The van der Waals surface area contributed by atoms with E-state index in [1.54, 1.807) is 19.2 Å². The molecule has 0 unspecified atom stereocenters. The Bertz CT molecular complexity index is 1340. The van der Waals surface area contributed by atoms with E-state index in [4.69, 9.17) is 4.74 Å². The highest BCUT2D eigenvalue weighted by molar-refractivity contribution is 5.88. The van der Waals surface area contributed by atoms with Gasteiger partial charge < -0.3 is 9.47 Å². The van der Waals surface area contributed by atoms with Crippen LogP contribution in [0.25, 0.3) is 22.0 Å². The van der Waals surface area contributed by atoms with Gasteiger partial charge in [-0.15, -0.1) is 13.2 Å². The van der Waals surface area contributed by atoms with E-state index in [-0.39, 0.29) is 18.7 Å². The van der Waals surface area contributed by atoms with Crippen LogP contribution < -0.4 is 4.74 Å². The van der Waals surface area contributed by atoms with Crippen LogP contribution in [0, 0.1) is 11.6 Å². The van der Waals surface area contributed by atoms with E-state index in [2.05, 4.69) is 9.72 Å². The lowest BCUT2D eigenvalue weighted by Crippen LogP contribution is -2.18. The molecule has 0 saturated carbocycles. The van der Waals surface area contributed by atoms with Crippen LogP contribution in [0.15, 0.2) is 66.9 Å². The Morgan fingerprint density at radius 1 is 0.833 bits per heavy atom. The molecule has 3 aromatic carbocycles. The first-order valence-electron chi connectivity index (χ1n) is 11.4. The number of pyridine rings is 1. The van der Waals surface area contributed by atoms with E-state index >= 15 is 4.39 Å². The van der Waals surface area contributed by atoms with Crippen molar-refractivity contribution in [2.45, 2.75) is 32.0 Å². The summed E-state index contributed by atoms with van der Waals surface area (Å²) in [5.41, 5.74) is 3.65. The monoisotopic (exact) mass is 501 g/mol. The van der Waals surface area contributed by atoms with Crippen LogP contribution in [-0.4, -0.2) is 25.1 Å². The molecule has 3 nitrogen and oxygen atoms in total. The van der Waals surface area contributed by atoms with E-state index in [0.29, 0.717) is 23.1 Å². The average molecular weight is 501 g/mol. The fourth-order valence-corrected chi connectivity index (χ4v) is 4.04. The van der Waals surface area contributed by atoms with Crippen molar-refractivity contribution in [1.82, 2.24) is 4.98 Å². The van der Waals surface area contributed by atoms with Gasteiger partial charge in [-0.25, -0.2) is 8.78 Å². The van der Waals surface area contributed by atoms with Crippen molar-refractivity contribution in [2.75, 3.05) is 13.7 Å². The summed E-state index contributed by atoms with van der Waals surface area (Å²) in [6.45, 7) is 0.695. The van der Waals surface area contributed by atoms with Gasteiger partial charge in [-0.2, -0.15) is 0 Å². The van der Waals surface area contributed by atoms with Gasteiger partial charge in [0, 0.05) is 30.9 Å². The zero-order valence-corrected chi connectivity index (χ0v) is 19.5. The Morgan fingerprint density at radius 2 is 1.64 bits per heavy atom. The highest BCUT2D eigenvalue weighted by Crippen LogP contribution is 2.29. The minimum atomic E-state index is -4.97. The van der Waals surface area contributed by atoms with Crippen molar-refractivity contribution in [3.63, 3.8) is 0 Å². The van der Waals surface area contributed by atoms with Gasteiger partial charge in [-0.3, -0.25) is 4.98 Å². The van der Waals surface area contributed by atoms with Gasteiger partial charge in [0.2, 0.25) is 0 Å². The van der Waals surface area contributed by atoms with Crippen LogP contribution in [-0.2, 0) is 24.0 Å². The first-order chi connectivity index (χ1) is 17.2. The first kappa shape index (κ1) is 25.6. The second kappa shape index (κ2) is 11.0. The lowest BCUT2D eigenvalue weighted by Gasteiger charge is -2.11. The molecule has 0 aliphatic rings. The van der Waals surface area contributed by atoms with E-state index in [9.17, 15) is 17.6 Å². The number of methoxy groups -OCH3 is 1. The molecule has 4 aromatic rings. The number of ether oxygens (including phenoxy) is 2. The van der Waals surface area contributed by atoms with E-state index in [1.165, 1.54) is 6.07 Å². The van der Waals surface area contributed by atoms with Crippen molar-refractivity contribution in [3.8, 4) is 17.0 Å². The van der Waals surface area contributed by atoms with Gasteiger partial charge >= 0.3 is 6.36 Å². The molecule has 0 spiro atoms. The number of rotatable bonds is 9. The predicted molar refractivity (Wildman–Crippen MR) is 128 cm³/mol. The van der Waals surface area contributed by atoms with Gasteiger partial charge in [-0.05, 0) is 72.0 Å². The second-order valence-corrected chi connectivity index (χ2v) is 8.44. The smallest absolute Gasteiger partial charge is 0.403 e.